The van der Waals surface area contributed by atoms with Gasteiger partial charge in [0.2, 0.25) is 0 Å². The van der Waals surface area contributed by atoms with Gasteiger partial charge in [0.05, 0.1) is 0 Å². The molecule has 1 atom stereocenters. The quantitative estimate of drug-likeness (QED) is 0.825. The van der Waals surface area contributed by atoms with E-state index >= 15 is 0 Å². The van der Waals surface area contributed by atoms with Crippen molar-refractivity contribution in [3.05, 3.63) is 29.3 Å². The lowest BCUT2D eigenvalue weighted by Crippen LogP contribution is -2.28. The Morgan fingerprint density at radius 2 is 1.85 bits per heavy atom. The Bertz CT molecular complexity index is 421. The van der Waals surface area contributed by atoms with E-state index in [1.807, 2.05) is 6.07 Å². The van der Waals surface area contributed by atoms with Gasteiger partial charge in [-0.2, -0.15) is 0 Å². The third kappa shape index (κ3) is 3.99. The minimum Gasteiger partial charge on any atom is -0.508 e. The van der Waals surface area contributed by atoms with Crippen molar-refractivity contribution in [3.63, 3.8) is 0 Å². The average Bonchev–Trinajstić information content (AvgIpc) is 2.47. The molecular formula is C18H29NO. The van der Waals surface area contributed by atoms with Crippen LogP contribution in [0.5, 0.6) is 5.75 Å². The number of aromatic hydroxyl groups is 1. The summed E-state index contributed by atoms with van der Waals surface area (Å²) < 4.78 is 0. The van der Waals surface area contributed by atoms with E-state index in [-0.39, 0.29) is 6.04 Å². The first-order chi connectivity index (χ1) is 9.60. The van der Waals surface area contributed by atoms with Crippen molar-refractivity contribution in [1.29, 1.82) is 0 Å². The van der Waals surface area contributed by atoms with Crippen molar-refractivity contribution >= 4 is 0 Å². The predicted octanol–water partition coefficient (Wildman–Crippen LogP) is 4.57. The van der Waals surface area contributed by atoms with E-state index in [4.69, 9.17) is 0 Å². The lowest BCUT2D eigenvalue weighted by atomic mass is 9.81. The van der Waals surface area contributed by atoms with Crippen molar-refractivity contribution < 1.29 is 5.11 Å². The fourth-order valence-electron chi connectivity index (χ4n) is 3.32. The largest absolute Gasteiger partial charge is 0.508 e. The lowest BCUT2D eigenvalue weighted by Gasteiger charge is -2.29. The van der Waals surface area contributed by atoms with Gasteiger partial charge >= 0.3 is 0 Å². The Labute approximate surface area is 123 Å². The fourth-order valence-corrected chi connectivity index (χ4v) is 3.32. The summed E-state index contributed by atoms with van der Waals surface area (Å²) in [5, 5.41) is 13.6. The highest BCUT2D eigenvalue weighted by molar-refractivity contribution is 5.37. The minimum atomic E-state index is 0.221. The van der Waals surface area contributed by atoms with E-state index in [2.05, 4.69) is 32.2 Å². The van der Waals surface area contributed by atoms with Crippen LogP contribution in [0.3, 0.4) is 0 Å². The molecule has 2 heteroatoms. The normalized spacial score (nSPS) is 24.6. The highest BCUT2D eigenvalue weighted by atomic mass is 16.3. The summed E-state index contributed by atoms with van der Waals surface area (Å²) in [5.74, 6) is 2.18. The molecule has 112 valence electrons. The van der Waals surface area contributed by atoms with Crippen LogP contribution in [-0.4, -0.2) is 11.7 Å². The summed E-state index contributed by atoms with van der Waals surface area (Å²) in [7, 11) is 0. The molecule has 1 aliphatic rings. The van der Waals surface area contributed by atoms with Crippen LogP contribution in [0.25, 0.3) is 0 Å². The molecule has 0 saturated heterocycles. The Hall–Kier alpha value is -1.02. The van der Waals surface area contributed by atoms with Gasteiger partial charge in [-0.1, -0.05) is 43.9 Å². The summed E-state index contributed by atoms with van der Waals surface area (Å²) in [5.41, 5.74) is 2.22. The molecule has 1 saturated carbocycles. The van der Waals surface area contributed by atoms with Crippen molar-refractivity contribution in [2.45, 2.75) is 58.9 Å². The molecule has 1 fully saturated rings. The molecule has 2 nitrogen and oxygen atoms in total. The number of hydrogen-bond acceptors (Lipinski definition) is 2. The van der Waals surface area contributed by atoms with E-state index < -0.39 is 0 Å². The molecule has 1 aromatic carbocycles. The second-order valence-electron chi connectivity index (χ2n) is 6.49. The van der Waals surface area contributed by atoms with Gasteiger partial charge in [-0.15, -0.1) is 0 Å². The second-order valence-corrected chi connectivity index (χ2v) is 6.49. The number of rotatable bonds is 5. The summed E-state index contributed by atoms with van der Waals surface area (Å²) >= 11 is 0. The highest BCUT2D eigenvalue weighted by Crippen LogP contribution is 2.31. The monoisotopic (exact) mass is 275 g/mol. The summed E-state index contributed by atoms with van der Waals surface area (Å²) in [6, 6.07) is 6.06. The number of hydrogen-bond donors (Lipinski definition) is 2. The molecule has 2 rings (SSSR count). The Morgan fingerprint density at radius 1 is 1.20 bits per heavy atom. The van der Waals surface area contributed by atoms with Crippen molar-refractivity contribution in [3.8, 4) is 5.75 Å². The Balaban J connectivity index is 1.83. The lowest BCUT2D eigenvalue weighted by molar-refractivity contribution is 0.257. The topological polar surface area (TPSA) is 32.3 Å². The minimum absolute atomic E-state index is 0.221. The van der Waals surface area contributed by atoms with Crippen LogP contribution < -0.4 is 5.32 Å². The van der Waals surface area contributed by atoms with E-state index in [1.165, 1.54) is 37.7 Å². The first kappa shape index (κ1) is 15.4. The van der Waals surface area contributed by atoms with Crippen LogP contribution in [0.1, 0.15) is 63.1 Å². The molecule has 0 aromatic heterocycles. The average molecular weight is 275 g/mol. The molecule has 0 radical (unpaired) electrons. The first-order valence-electron chi connectivity index (χ1n) is 8.13. The van der Waals surface area contributed by atoms with E-state index in [0.717, 1.165) is 23.9 Å². The first-order valence-corrected chi connectivity index (χ1v) is 8.13. The molecule has 0 heterocycles. The molecule has 2 N–H and O–H groups in total. The standard InChI is InChI=1S/C18H29NO/c1-4-15-6-8-16(9-7-15)12-19-14(3)17-11-13(2)5-10-18(17)20/h5,10-11,14-16,19-20H,4,6-9,12H2,1-3H3. The smallest absolute Gasteiger partial charge is 0.120 e. The number of benzene rings is 1. The molecule has 1 aromatic rings. The number of phenolic OH excluding ortho intramolecular Hbond substituents is 1. The van der Waals surface area contributed by atoms with Crippen LogP contribution >= 0.6 is 0 Å². The zero-order valence-corrected chi connectivity index (χ0v) is 13.2. The molecular weight excluding hydrogens is 246 g/mol. The summed E-state index contributed by atoms with van der Waals surface area (Å²) in [4.78, 5) is 0. The van der Waals surface area contributed by atoms with Gasteiger partial charge in [-0.25, -0.2) is 0 Å². The molecule has 0 bridgehead atoms. The van der Waals surface area contributed by atoms with Gasteiger partial charge in [-0.05, 0) is 51.1 Å². The Kier molecular flexibility index (Phi) is 5.47. The van der Waals surface area contributed by atoms with Gasteiger partial charge in [0.25, 0.3) is 0 Å². The maximum Gasteiger partial charge on any atom is 0.120 e. The fraction of sp³-hybridized carbons (Fsp3) is 0.667. The van der Waals surface area contributed by atoms with Crippen LogP contribution in [0.2, 0.25) is 0 Å². The van der Waals surface area contributed by atoms with Gasteiger partial charge in [-0.3, -0.25) is 0 Å². The molecule has 20 heavy (non-hydrogen) atoms. The Morgan fingerprint density at radius 3 is 2.50 bits per heavy atom. The number of nitrogens with one attached hydrogen (secondary N) is 1. The van der Waals surface area contributed by atoms with Crippen LogP contribution in [-0.2, 0) is 0 Å². The molecule has 1 unspecified atom stereocenters. The van der Waals surface area contributed by atoms with Gasteiger partial charge in [0.1, 0.15) is 5.75 Å². The van der Waals surface area contributed by atoms with Crippen LogP contribution in [0.4, 0.5) is 0 Å². The number of phenols is 1. The van der Waals surface area contributed by atoms with Crippen LogP contribution in [0, 0.1) is 18.8 Å². The maximum absolute atomic E-state index is 9.97. The van der Waals surface area contributed by atoms with Crippen LogP contribution in [0.15, 0.2) is 18.2 Å². The zero-order chi connectivity index (χ0) is 14.5. The van der Waals surface area contributed by atoms with Crippen molar-refractivity contribution in [2.24, 2.45) is 11.8 Å². The van der Waals surface area contributed by atoms with Gasteiger partial charge in [0.15, 0.2) is 0 Å². The molecule has 0 spiro atoms. The van der Waals surface area contributed by atoms with Crippen molar-refractivity contribution in [2.75, 3.05) is 6.54 Å². The highest BCUT2D eigenvalue weighted by Gasteiger charge is 2.20. The third-order valence-electron chi connectivity index (χ3n) is 4.91. The molecule has 1 aliphatic carbocycles. The zero-order valence-electron chi connectivity index (χ0n) is 13.2. The maximum atomic E-state index is 9.97. The van der Waals surface area contributed by atoms with Gasteiger partial charge in [0, 0.05) is 11.6 Å². The third-order valence-corrected chi connectivity index (χ3v) is 4.91. The van der Waals surface area contributed by atoms with Crippen molar-refractivity contribution in [1.82, 2.24) is 5.32 Å². The predicted molar refractivity (Wildman–Crippen MR) is 85.0 cm³/mol. The molecule has 0 aliphatic heterocycles. The summed E-state index contributed by atoms with van der Waals surface area (Å²) in [6.07, 6.45) is 6.85. The summed E-state index contributed by atoms with van der Waals surface area (Å²) in [6.45, 7) is 7.60. The second kappa shape index (κ2) is 7.12. The van der Waals surface area contributed by atoms with E-state index in [1.54, 1.807) is 6.07 Å². The SMILES string of the molecule is CCC1CCC(CNC(C)c2cc(C)ccc2O)CC1. The number of aryl methyl sites for hydroxylation is 1. The van der Waals surface area contributed by atoms with Gasteiger partial charge < -0.3 is 10.4 Å². The molecule has 0 amide bonds. The van der Waals surface area contributed by atoms with E-state index in [0.29, 0.717) is 5.75 Å². The van der Waals surface area contributed by atoms with E-state index in [9.17, 15) is 5.11 Å².